The summed E-state index contributed by atoms with van der Waals surface area (Å²) in [7, 11) is 1.50. The molecule has 2 aliphatic rings. The summed E-state index contributed by atoms with van der Waals surface area (Å²) in [5.41, 5.74) is 7.75. The molecular formula is C31H31N5O4S. The van der Waals surface area contributed by atoms with Gasteiger partial charge in [0.2, 0.25) is 12.7 Å². The maximum Gasteiger partial charge on any atom is 0.250 e. The highest BCUT2D eigenvalue weighted by Gasteiger charge is 2.42. The summed E-state index contributed by atoms with van der Waals surface area (Å²) in [4.78, 5) is 19.0. The highest BCUT2D eigenvalue weighted by atomic mass is 32.1. The van der Waals surface area contributed by atoms with E-state index in [0.29, 0.717) is 5.11 Å². The molecule has 0 radical (unpaired) electrons. The second-order valence-electron chi connectivity index (χ2n) is 10.2. The van der Waals surface area contributed by atoms with Gasteiger partial charge in [0.1, 0.15) is 6.61 Å². The van der Waals surface area contributed by atoms with Crippen LogP contribution in [0.25, 0.3) is 5.69 Å². The molecule has 6 rings (SSSR count). The number of aryl methyl sites for hydroxylation is 2. The summed E-state index contributed by atoms with van der Waals surface area (Å²) in [6.45, 7) is 6.42. The van der Waals surface area contributed by atoms with E-state index in [9.17, 15) is 4.79 Å². The van der Waals surface area contributed by atoms with Gasteiger partial charge in [-0.1, -0.05) is 6.07 Å². The minimum Gasteiger partial charge on any atom is -0.454 e. The molecule has 1 saturated heterocycles. The summed E-state index contributed by atoms with van der Waals surface area (Å²) in [6, 6.07) is 19.7. The van der Waals surface area contributed by atoms with Crippen LogP contribution in [0.4, 0.5) is 11.4 Å². The van der Waals surface area contributed by atoms with Crippen molar-refractivity contribution in [1.29, 1.82) is 0 Å². The first kappa shape index (κ1) is 26.8. The Balaban J connectivity index is 1.44. The summed E-state index contributed by atoms with van der Waals surface area (Å²) >= 11 is 5.95. The minimum atomic E-state index is -0.203. The molecule has 0 unspecified atom stereocenters. The normalized spacial score (nSPS) is 17.6. The summed E-state index contributed by atoms with van der Waals surface area (Å²) < 4.78 is 18.4. The third-order valence-electron chi connectivity index (χ3n) is 7.54. The molecule has 2 atom stereocenters. The first-order chi connectivity index (χ1) is 19.9. The Hall–Kier alpha value is -4.41. The number of hydrogen-bond donors (Lipinski definition) is 2. The zero-order chi connectivity index (χ0) is 28.7. The van der Waals surface area contributed by atoms with Gasteiger partial charge >= 0.3 is 0 Å². The van der Waals surface area contributed by atoms with Crippen molar-refractivity contribution in [3.63, 3.8) is 0 Å². The standard InChI is InChI=1S/C31H31N5O4S/c1-18-13-21(8-10-24(18)33-28(37)16-38-4)36-30(29(34-31(36)41)25-7-5-6-12-32-25)23-14-19(2)35(20(23)3)22-9-11-26-27(15-22)40-17-39-26/h5-15,29-30H,16-17H2,1-4H3,(H,33,37)(H,34,41)/t29-,30+/m0/s1. The van der Waals surface area contributed by atoms with Crippen LogP contribution >= 0.6 is 12.2 Å². The van der Waals surface area contributed by atoms with E-state index >= 15 is 0 Å². The second kappa shape index (κ2) is 10.9. The third-order valence-corrected chi connectivity index (χ3v) is 7.85. The molecular weight excluding hydrogens is 538 g/mol. The average Bonchev–Trinajstić information content (AvgIpc) is 3.65. The van der Waals surface area contributed by atoms with Crippen LogP contribution < -0.4 is 25.0 Å². The lowest BCUT2D eigenvalue weighted by atomic mass is 9.96. The lowest BCUT2D eigenvalue weighted by Gasteiger charge is -2.29. The number of pyridine rings is 1. The number of benzene rings is 2. The minimum absolute atomic E-state index is 0.00581. The van der Waals surface area contributed by atoms with E-state index in [1.54, 1.807) is 6.20 Å². The maximum absolute atomic E-state index is 12.1. The van der Waals surface area contributed by atoms with Crippen LogP contribution in [-0.4, -0.2) is 41.1 Å². The van der Waals surface area contributed by atoms with Gasteiger partial charge < -0.3 is 34.3 Å². The number of anilines is 2. The molecule has 0 saturated carbocycles. The molecule has 9 nitrogen and oxygen atoms in total. The van der Waals surface area contributed by atoms with E-state index < -0.39 is 0 Å². The van der Waals surface area contributed by atoms with Gasteiger partial charge in [-0.2, -0.15) is 0 Å². The molecule has 0 bridgehead atoms. The zero-order valence-electron chi connectivity index (χ0n) is 23.3. The molecule has 2 aliphatic heterocycles. The lowest BCUT2D eigenvalue weighted by Crippen LogP contribution is -2.29. The molecule has 0 aliphatic carbocycles. The van der Waals surface area contributed by atoms with Crippen LogP contribution in [0.1, 0.15) is 40.3 Å². The van der Waals surface area contributed by atoms with E-state index in [2.05, 4.69) is 40.0 Å². The fraction of sp³-hybridized carbons (Fsp3) is 0.258. The molecule has 10 heteroatoms. The van der Waals surface area contributed by atoms with Crippen molar-refractivity contribution >= 4 is 34.6 Å². The molecule has 2 N–H and O–H groups in total. The van der Waals surface area contributed by atoms with Crippen molar-refractivity contribution in [2.45, 2.75) is 32.9 Å². The number of carbonyl (C=O) groups is 1. The van der Waals surface area contributed by atoms with Crippen LogP contribution in [0.3, 0.4) is 0 Å². The van der Waals surface area contributed by atoms with Crippen molar-refractivity contribution in [2.24, 2.45) is 0 Å². The van der Waals surface area contributed by atoms with Gasteiger partial charge in [-0.3, -0.25) is 9.78 Å². The van der Waals surface area contributed by atoms with E-state index in [-0.39, 0.29) is 31.4 Å². The Morgan fingerprint density at radius 2 is 1.88 bits per heavy atom. The van der Waals surface area contributed by atoms with Crippen LogP contribution in [0, 0.1) is 20.8 Å². The Bertz CT molecular complexity index is 1640. The smallest absolute Gasteiger partial charge is 0.250 e. The Morgan fingerprint density at radius 1 is 1.07 bits per heavy atom. The van der Waals surface area contributed by atoms with Gasteiger partial charge in [-0.15, -0.1) is 0 Å². The quantitative estimate of drug-likeness (QED) is 0.291. The number of carbonyl (C=O) groups excluding carboxylic acids is 1. The topological polar surface area (TPSA) is 89.9 Å². The van der Waals surface area contributed by atoms with Crippen LogP contribution in [0.5, 0.6) is 11.5 Å². The SMILES string of the molecule is COCC(=O)Nc1ccc(N2C(=S)N[C@@H](c3ccccn3)[C@H]2c2cc(C)n(-c3ccc4c(c3)OCO4)c2C)cc1C. The van der Waals surface area contributed by atoms with Crippen LogP contribution in [0.15, 0.2) is 66.9 Å². The number of nitrogens with zero attached hydrogens (tertiary/aromatic N) is 3. The summed E-state index contributed by atoms with van der Waals surface area (Å²) in [5.74, 6) is 1.28. The first-order valence-corrected chi connectivity index (χ1v) is 13.8. The van der Waals surface area contributed by atoms with Gasteiger partial charge in [0.25, 0.3) is 0 Å². The number of thiocarbonyl (C=S) groups is 1. The van der Waals surface area contributed by atoms with Crippen LogP contribution in [-0.2, 0) is 9.53 Å². The van der Waals surface area contributed by atoms with Crippen molar-refractivity contribution in [2.75, 3.05) is 30.7 Å². The lowest BCUT2D eigenvalue weighted by molar-refractivity contribution is -0.119. The summed E-state index contributed by atoms with van der Waals surface area (Å²) in [6.07, 6.45) is 1.80. The molecule has 1 fully saturated rings. The van der Waals surface area contributed by atoms with E-state index in [1.165, 1.54) is 7.11 Å². The van der Waals surface area contributed by atoms with Crippen molar-refractivity contribution in [1.82, 2.24) is 14.9 Å². The summed E-state index contributed by atoms with van der Waals surface area (Å²) in [5, 5.41) is 7.06. The molecule has 4 heterocycles. The molecule has 1 amide bonds. The van der Waals surface area contributed by atoms with Crippen molar-refractivity contribution < 1.29 is 19.0 Å². The van der Waals surface area contributed by atoms with E-state index in [1.807, 2.05) is 61.5 Å². The van der Waals surface area contributed by atoms with E-state index in [0.717, 1.165) is 56.8 Å². The Morgan fingerprint density at radius 3 is 2.63 bits per heavy atom. The largest absolute Gasteiger partial charge is 0.454 e. The third kappa shape index (κ3) is 4.89. The molecule has 4 aromatic rings. The fourth-order valence-corrected chi connectivity index (χ4v) is 6.06. The monoisotopic (exact) mass is 569 g/mol. The van der Waals surface area contributed by atoms with E-state index in [4.69, 9.17) is 31.4 Å². The number of hydrogen-bond acceptors (Lipinski definition) is 6. The molecule has 0 spiro atoms. The van der Waals surface area contributed by atoms with Gasteiger partial charge in [0, 0.05) is 47.8 Å². The molecule has 2 aromatic heterocycles. The highest BCUT2D eigenvalue weighted by molar-refractivity contribution is 7.80. The predicted molar refractivity (Wildman–Crippen MR) is 161 cm³/mol. The number of rotatable bonds is 7. The van der Waals surface area contributed by atoms with Crippen molar-refractivity contribution in [3.8, 4) is 17.2 Å². The predicted octanol–water partition coefficient (Wildman–Crippen LogP) is 5.29. The Kier molecular flexibility index (Phi) is 7.10. The Labute approximate surface area is 244 Å². The number of aromatic nitrogens is 2. The number of nitrogens with one attached hydrogen (secondary N) is 2. The molecule has 210 valence electrons. The number of amides is 1. The fourth-order valence-electron chi connectivity index (χ4n) is 5.71. The van der Waals surface area contributed by atoms with Crippen molar-refractivity contribution in [3.05, 3.63) is 95.1 Å². The zero-order valence-corrected chi connectivity index (χ0v) is 24.1. The highest BCUT2D eigenvalue weighted by Crippen LogP contribution is 2.45. The van der Waals surface area contributed by atoms with Gasteiger partial charge in [-0.25, -0.2) is 0 Å². The number of methoxy groups -OCH3 is 1. The van der Waals surface area contributed by atoms with Gasteiger partial charge in [0.15, 0.2) is 16.6 Å². The van der Waals surface area contributed by atoms with Crippen LogP contribution in [0.2, 0.25) is 0 Å². The molecule has 41 heavy (non-hydrogen) atoms. The van der Waals surface area contributed by atoms with Gasteiger partial charge in [-0.05, 0) is 92.6 Å². The first-order valence-electron chi connectivity index (χ1n) is 13.3. The second-order valence-corrected chi connectivity index (χ2v) is 10.6. The van der Waals surface area contributed by atoms with Gasteiger partial charge in [0.05, 0.1) is 17.8 Å². The number of fused-ring (bicyclic) bond motifs is 1. The number of ether oxygens (including phenoxy) is 3. The maximum atomic E-state index is 12.1. The molecule has 2 aromatic carbocycles. The average molecular weight is 570 g/mol.